The number of amides is 1. The van der Waals surface area contributed by atoms with Gasteiger partial charge in [-0.15, -0.1) is 0 Å². The smallest absolute Gasteiger partial charge is 0.270 e. The molecule has 1 saturated heterocycles. The number of carbonyl (C=O) groups is 1. The molecule has 8 nitrogen and oxygen atoms in total. The van der Waals surface area contributed by atoms with Crippen LogP contribution in [0.5, 0.6) is 0 Å². The van der Waals surface area contributed by atoms with E-state index in [0.717, 1.165) is 54.2 Å². The molecule has 5 rings (SSSR count). The zero-order chi connectivity index (χ0) is 21.2. The minimum atomic E-state index is 0.0407. The molecule has 0 unspecified atom stereocenters. The number of nitrogens with zero attached hydrogens (tertiary/aromatic N) is 5. The molecule has 1 amide bonds. The van der Waals surface area contributed by atoms with Gasteiger partial charge in [-0.25, -0.2) is 9.97 Å². The highest BCUT2D eigenvalue weighted by Gasteiger charge is 2.20. The van der Waals surface area contributed by atoms with Crippen molar-refractivity contribution in [2.75, 3.05) is 38.1 Å². The minimum Gasteiger partial charge on any atom is -0.351 e. The highest BCUT2D eigenvalue weighted by molar-refractivity contribution is 5.98. The van der Waals surface area contributed by atoms with E-state index in [9.17, 15) is 4.79 Å². The first-order valence-corrected chi connectivity index (χ1v) is 10.3. The van der Waals surface area contributed by atoms with Gasteiger partial charge in [-0.1, -0.05) is 6.07 Å². The van der Waals surface area contributed by atoms with Crippen molar-refractivity contribution in [2.45, 2.75) is 0 Å². The highest BCUT2D eigenvalue weighted by Crippen LogP contribution is 2.27. The van der Waals surface area contributed by atoms with Gasteiger partial charge in [0, 0.05) is 62.2 Å². The summed E-state index contributed by atoms with van der Waals surface area (Å²) >= 11 is 0. The Morgan fingerprint density at radius 1 is 1.00 bits per heavy atom. The molecule has 4 heterocycles. The maximum Gasteiger partial charge on any atom is 0.270 e. The molecule has 0 spiro atoms. The van der Waals surface area contributed by atoms with E-state index in [4.69, 9.17) is 0 Å². The van der Waals surface area contributed by atoms with Gasteiger partial charge >= 0.3 is 0 Å². The van der Waals surface area contributed by atoms with Gasteiger partial charge in [-0.2, -0.15) is 0 Å². The molecule has 1 aliphatic rings. The van der Waals surface area contributed by atoms with Gasteiger partial charge in [0.15, 0.2) is 0 Å². The average Bonchev–Trinajstić information content (AvgIpc) is 3.28. The molecular weight excluding hydrogens is 390 g/mol. The van der Waals surface area contributed by atoms with Gasteiger partial charge < -0.3 is 20.1 Å². The third-order valence-electron chi connectivity index (χ3n) is 5.50. The van der Waals surface area contributed by atoms with Crippen LogP contribution < -0.4 is 10.2 Å². The van der Waals surface area contributed by atoms with Gasteiger partial charge in [0.25, 0.3) is 5.91 Å². The zero-order valence-electron chi connectivity index (χ0n) is 17.2. The summed E-state index contributed by atoms with van der Waals surface area (Å²) in [7, 11) is 1.93. The molecule has 1 fully saturated rings. The van der Waals surface area contributed by atoms with Crippen LogP contribution in [0, 0.1) is 0 Å². The van der Waals surface area contributed by atoms with Crippen molar-refractivity contribution in [3.8, 4) is 11.4 Å². The summed E-state index contributed by atoms with van der Waals surface area (Å²) in [5.74, 6) is 0.620. The largest absolute Gasteiger partial charge is 0.351 e. The van der Waals surface area contributed by atoms with E-state index in [-0.39, 0.29) is 5.91 Å². The van der Waals surface area contributed by atoms with Crippen LogP contribution in [0.15, 0.2) is 60.9 Å². The standard InChI is InChI=1S/C23H23N7O/c1-29(23-26-9-7-20(28-23)19-4-2-3-8-25-19)17-5-6-18-16(14-17)15-21(27-18)22(31)30-12-10-24-11-13-30/h2-9,14-15,24,27H,10-13H2,1H3. The number of piperazine rings is 1. The Morgan fingerprint density at radius 3 is 2.68 bits per heavy atom. The topological polar surface area (TPSA) is 90.0 Å². The van der Waals surface area contributed by atoms with E-state index in [1.54, 1.807) is 12.4 Å². The Hall–Kier alpha value is -3.78. The molecule has 1 aliphatic heterocycles. The number of hydrogen-bond acceptors (Lipinski definition) is 6. The summed E-state index contributed by atoms with van der Waals surface area (Å²) in [4.78, 5) is 33.3. The number of pyridine rings is 1. The number of aromatic nitrogens is 4. The number of rotatable bonds is 4. The van der Waals surface area contributed by atoms with E-state index in [1.807, 2.05) is 65.4 Å². The van der Waals surface area contributed by atoms with Crippen LogP contribution in [-0.4, -0.2) is 64.0 Å². The molecule has 2 N–H and O–H groups in total. The molecule has 0 bridgehead atoms. The third kappa shape index (κ3) is 3.85. The number of hydrogen-bond donors (Lipinski definition) is 2. The first-order chi connectivity index (χ1) is 15.2. The summed E-state index contributed by atoms with van der Waals surface area (Å²) in [6.45, 7) is 3.12. The molecule has 156 valence electrons. The Balaban J connectivity index is 1.42. The number of aromatic amines is 1. The molecular formula is C23H23N7O. The van der Waals surface area contributed by atoms with Crippen molar-refractivity contribution < 1.29 is 4.79 Å². The van der Waals surface area contributed by atoms with Crippen LogP contribution in [0.3, 0.4) is 0 Å². The van der Waals surface area contributed by atoms with Gasteiger partial charge in [0.05, 0.1) is 11.4 Å². The zero-order valence-corrected chi connectivity index (χ0v) is 17.2. The third-order valence-corrected chi connectivity index (χ3v) is 5.50. The molecule has 0 aliphatic carbocycles. The fourth-order valence-electron chi connectivity index (χ4n) is 3.76. The fourth-order valence-corrected chi connectivity index (χ4v) is 3.76. The maximum absolute atomic E-state index is 12.8. The van der Waals surface area contributed by atoms with Crippen molar-refractivity contribution in [1.82, 2.24) is 30.2 Å². The molecule has 0 atom stereocenters. The van der Waals surface area contributed by atoms with E-state index >= 15 is 0 Å². The molecule has 31 heavy (non-hydrogen) atoms. The summed E-state index contributed by atoms with van der Waals surface area (Å²) in [5.41, 5.74) is 4.05. The number of benzene rings is 1. The monoisotopic (exact) mass is 413 g/mol. The lowest BCUT2D eigenvalue weighted by atomic mass is 10.2. The Bertz CT molecular complexity index is 1220. The fraction of sp³-hybridized carbons (Fsp3) is 0.217. The Kier molecular flexibility index (Phi) is 5.05. The second kappa shape index (κ2) is 8.16. The molecule has 4 aromatic rings. The van der Waals surface area contributed by atoms with Crippen molar-refractivity contribution in [2.24, 2.45) is 0 Å². The number of carbonyl (C=O) groups excluding carboxylic acids is 1. The van der Waals surface area contributed by atoms with Gasteiger partial charge in [-0.3, -0.25) is 9.78 Å². The van der Waals surface area contributed by atoms with Crippen LogP contribution in [0.4, 0.5) is 11.6 Å². The predicted molar refractivity (Wildman–Crippen MR) is 120 cm³/mol. The first-order valence-electron chi connectivity index (χ1n) is 10.3. The number of anilines is 2. The second-order valence-electron chi connectivity index (χ2n) is 7.51. The van der Waals surface area contributed by atoms with Crippen LogP contribution in [-0.2, 0) is 0 Å². The molecule has 0 saturated carbocycles. The predicted octanol–water partition coefficient (Wildman–Crippen LogP) is 2.83. The van der Waals surface area contributed by atoms with E-state index in [1.165, 1.54) is 0 Å². The van der Waals surface area contributed by atoms with Gasteiger partial charge in [0.1, 0.15) is 5.69 Å². The number of fused-ring (bicyclic) bond motifs is 1. The molecule has 1 aromatic carbocycles. The first kappa shape index (κ1) is 19.2. The maximum atomic E-state index is 12.8. The van der Waals surface area contributed by atoms with Crippen LogP contribution in [0.1, 0.15) is 10.5 Å². The highest BCUT2D eigenvalue weighted by atomic mass is 16.2. The second-order valence-corrected chi connectivity index (χ2v) is 7.51. The van der Waals surface area contributed by atoms with Crippen LogP contribution in [0.2, 0.25) is 0 Å². The Morgan fingerprint density at radius 2 is 1.87 bits per heavy atom. The molecule has 0 radical (unpaired) electrons. The van der Waals surface area contributed by atoms with Crippen molar-refractivity contribution in [3.05, 3.63) is 66.6 Å². The number of nitrogens with one attached hydrogen (secondary N) is 2. The van der Waals surface area contributed by atoms with E-state index < -0.39 is 0 Å². The summed E-state index contributed by atoms with van der Waals surface area (Å²) in [6, 6.07) is 15.5. The minimum absolute atomic E-state index is 0.0407. The summed E-state index contributed by atoms with van der Waals surface area (Å²) in [5, 5.41) is 4.25. The van der Waals surface area contributed by atoms with Gasteiger partial charge in [-0.05, 0) is 42.5 Å². The van der Waals surface area contributed by atoms with E-state index in [0.29, 0.717) is 11.6 Å². The van der Waals surface area contributed by atoms with Crippen molar-refractivity contribution in [1.29, 1.82) is 0 Å². The van der Waals surface area contributed by atoms with Crippen molar-refractivity contribution >= 4 is 28.4 Å². The SMILES string of the molecule is CN(c1ccc2[nH]c(C(=O)N3CCNCC3)cc2c1)c1nccc(-c2ccccn2)n1. The van der Waals surface area contributed by atoms with Gasteiger partial charge in [0.2, 0.25) is 5.95 Å². The average molecular weight is 413 g/mol. The lowest BCUT2D eigenvalue weighted by Gasteiger charge is -2.26. The molecule has 8 heteroatoms. The lowest BCUT2D eigenvalue weighted by Crippen LogP contribution is -2.46. The Labute approximate surface area is 180 Å². The number of H-pyrrole nitrogens is 1. The summed E-state index contributed by atoms with van der Waals surface area (Å²) < 4.78 is 0. The molecule has 3 aromatic heterocycles. The lowest BCUT2D eigenvalue weighted by molar-refractivity contribution is 0.0731. The quantitative estimate of drug-likeness (QED) is 0.535. The van der Waals surface area contributed by atoms with Crippen LogP contribution >= 0.6 is 0 Å². The normalized spacial score (nSPS) is 14.0. The summed E-state index contributed by atoms with van der Waals surface area (Å²) in [6.07, 6.45) is 3.49. The van der Waals surface area contributed by atoms with E-state index in [2.05, 4.69) is 25.3 Å². The van der Waals surface area contributed by atoms with Crippen LogP contribution in [0.25, 0.3) is 22.3 Å². The van der Waals surface area contributed by atoms with Crippen molar-refractivity contribution in [3.63, 3.8) is 0 Å².